The van der Waals surface area contributed by atoms with Crippen LogP contribution in [0.25, 0.3) is 11.1 Å². The van der Waals surface area contributed by atoms with Crippen LogP contribution in [0, 0.1) is 17.7 Å². The molecule has 0 aliphatic carbocycles. The zero-order chi connectivity index (χ0) is 22.1. The van der Waals surface area contributed by atoms with E-state index < -0.39 is 11.7 Å². The van der Waals surface area contributed by atoms with E-state index in [9.17, 15) is 13.2 Å². The lowest BCUT2D eigenvalue weighted by molar-refractivity contribution is -0.137. The van der Waals surface area contributed by atoms with Crippen molar-refractivity contribution in [1.29, 1.82) is 10.8 Å². The summed E-state index contributed by atoms with van der Waals surface area (Å²) < 4.78 is 46.7. The lowest BCUT2D eigenvalue weighted by Gasteiger charge is -2.17. The second-order valence-electron chi connectivity index (χ2n) is 6.87. The van der Waals surface area contributed by atoms with Crippen molar-refractivity contribution in [2.45, 2.75) is 32.9 Å². The molecule has 156 valence electrons. The van der Waals surface area contributed by atoms with Gasteiger partial charge < -0.3 is 4.74 Å². The SMILES string of the molecule is Cc1cc(Oc2cc(C(F)(F)F)ccc2-c2cncnc2C(C)C)nn(C=N)c1=N. The zero-order valence-electron chi connectivity index (χ0n) is 16.4. The van der Waals surface area contributed by atoms with E-state index in [-0.39, 0.29) is 23.0 Å². The van der Waals surface area contributed by atoms with Crippen molar-refractivity contribution in [3.63, 3.8) is 0 Å². The molecule has 3 rings (SSSR count). The van der Waals surface area contributed by atoms with Gasteiger partial charge in [-0.2, -0.15) is 13.2 Å². The largest absolute Gasteiger partial charge is 0.437 e. The van der Waals surface area contributed by atoms with Gasteiger partial charge in [0, 0.05) is 23.4 Å². The summed E-state index contributed by atoms with van der Waals surface area (Å²) in [5, 5.41) is 19.2. The molecule has 3 aromatic rings. The Morgan fingerprint density at radius 1 is 1.17 bits per heavy atom. The summed E-state index contributed by atoms with van der Waals surface area (Å²) >= 11 is 0. The predicted octanol–water partition coefficient (Wildman–Crippen LogP) is 4.52. The van der Waals surface area contributed by atoms with Crippen LogP contribution in [-0.4, -0.2) is 26.1 Å². The van der Waals surface area contributed by atoms with Gasteiger partial charge >= 0.3 is 6.18 Å². The molecule has 0 aliphatic heterocycles. The van der Waals surface area contributed by atoms with Gasteiger partial charge in [-0.05, 0) is 36.6 Å². The number of rotatable bonds is 5. The number of aryl methyl sites for hydroxylation is 1. The first kappa shape index (κ1) is 21.2. The fourth-order valence-electron chi connectivity index (χ4n) is 2.89. The van der Waals surface area contributed by atoms with Crippen molar-refractivity contribution in [2.24, 2.45) is 0 Å². The van der Waals surface area contributed by atoms with Gasteiger partial charge in [0.25, 0.3) is 0 Å². The molecule has 0 bridgehead atoms. The minimum absolute atomic E-state index is 0.00110. The number of nitrogens with one attached hydrogen (secondary N) is 2. The van der Waals surface area contributed by atoms with E-state index in [1.165, 1.54) is 24.7 Å². The van der Waals surface area contributed by atoms with Crippen LogP contribution in [0.5, 0.6) is 11.6 Å². The summed E-state index contributed by atoms with van der Waals surface area (Å²) in [6.45, 7) is 5.45. The van der Waals surface area contributed by atoms with Crippen LogP contribution in [-0.2, 0) is 6.18 Å². The van der Waals surface area contributed by atoms with Gasteiger partial charge in [-0.3, -0.25) is 10.8 Å². The van der Waals surface area contributed by atoms with E-state index in [0.29, 0.717) is 22.4 Å². The Balaban J connectivity index is 2.21. The summed E-state index contributed by atoms with van der Waals surface area (Å²) in [7, 11) is 0. The lowest BCUT2D eigenvalue weighted by Crippen LogP contribution is -2.24. The van der Waals surface area contributed by atoms with Crippen LogP contribution < -0.4 is 10.2 Å². The minimum Gasteiger partial charge on any atom is -0.437 e. The highest BCUT2D eigenvalue weighted by atomic mass is 19.4. The number of hydrogen-bond acceptors (Lipinski definition) is 6. The summed E-state index contributed by atoms with van der Waals surface area (Å²) in [5.74, 6) is -0.126. The van der Waals surface area contributed by atoms with Crippen molar-refractivity contribution in [2.75, 3.05) is 0 Å². The Labute approximate surface area is 170 Å². The van der Waals surface area contributed by atoms with E-state index in [1.54, 1.807) is 6.92 Å². The van der Waals surface area contributed by atoms with Gasteiger partial charge in [0.1, 0.15) is 18.4 Å². The number of nitrogens with zero attached hydrogens (tertiary/aromatic N) is 4. The topological polar surface area (TPSA) is 101 Å². The van der Waals surface area contributed by atoms with Crippen LogP contribution in [0.3, 0.4) is 0 Å². The average molecular weight is 416 g/mol. The average Bonchev–Trinajstić information content (AvgIpc) is 2.69. The van der Waals surface area contributed by atoms with E-state index in [0.717, 1.165) is 23.2 Å². The van der Waals surface area contributed by atoms with E-state index >= 15 is 0 Å². The Morgan fingerprint density at radius 3 is 2.53 bits per heavy atom. The highest BCUT2D eigenvalue weighted by Crippen LogP contribution is 2.40. The molecule has 7 nitrogen and oxygen atoms in total. The van der Waals surface area contributed by atoms with E-state index in [1.807, 2.05) is 13.8 Å². The van der Waals surface area contributed by atoms with Gasteiger partial charge in [0.2, 0.25) is 5.88 Å². The molecule has 0 amide bonds. The first-order chi connectivity index (χ1) is 14.1. The van der Waals surface area contributed by atoms with E-state index in [2.05, 4.69) is 15.1 Å². The maximum Gasteiger partial charge on any atom is 0.416 e. The summed E-state index contributed by atoms with van der Waals surface area (Å²) in [4.78, 5) is 8.28. The highest BCUT2D eigenvalue weighted by Gasteiger charge is 2.32. The number of ether oxygens (including phenoxy) is 1. The van der Waals surface area contributed by atoms with Crippen LogP contribution >= 0.6 is 0 Å². The zero-order valence-corrected chi connectivity index (χ0v) is 16.4. The van der Waals surface area contributed by atoms with Crippen LogP contribution in [0.2, 0.25) is 0 Å². The molecule has 10 heteroatoms. The molecular weight excluding hydrogens is 397 g/mol. The van der Waals surface area contributed by atoms with Crippen LogP contribution in [0.15, 0.2) is 36.8 Å². The minimum atomic E-state index is -4.56. The third-order valence-corrected chi connectivity index (χ3v) is 4.37. The smallest absolute Gasteiger partial charge is 0.416 e. The van der Waals surface area contributed by atoms with Gasteiger partial charge in [0.05, 0.1) is 11.3 Å². The first-order valence-corrected chi connectivity index (χ1v) is 8.96. The standard InChI is InChI=1S/C20H19F3N6O/c1-11(2)18-15(8-26-10-27-18)14-5-4-13(20(21,22)23)7-16(14)30-17-6-12(3)19(25)29(9-24)28-17/h4-11,24-25H,1-3H3. The fourth-order valence-corrected chi connectivity index (χ4v) is 2.89. The molecule has 0 unspecified atom stereocenters. The van der Waals surface area contributed by atoms with Crippen molar-refractivity contribution in [1.82, 2.24) is 19.7 Å². The first-order valence-electron chi connectivity index (χ1n) is 8.96. The molecule has 0 radical (unpaired) electrons. The Bertz CT molecular complexity index is 1150. The lowest BCUT2D eigenvalue weighted by atomic mass is 9.97. The highest BCUT2D eigenvalue weighted by molar-refractivity contribution is 5.73. The fraction of sp³-hybridized carbons (Fsp3) is 0.250. The number of hydrogen-bond donors (Lipinski definition) is 2. The quantitative estimate of drug-likeness (QED) is 0.472. The normalized spacial score (nSPS) is 11.6. The van der Waals surface area contributed by atoms with Crippen molar-refractivity contribution in [3.8, 4) is 22.8 Å². The third kappa shape index (κ3) is 4.22. The van der Waals surface area contributed by atoms with Crippen molar-refractivity contribution in [3.05, 3.63) is 59.1 Å². The van der Waals surface area contributed by atoms with Crippen LogP contribution in [0.1, 0.15) is 36.6 Å². The van der Waals surface area contributed by atoms with Gasteiger partial charge in [0.15, 0.2) is 5.49 Å². The Hall–Kier alpha value is -3.56. The molecule has 2 aromatic heterocycles. The molecule has 0 fully saturated rings. The maximum absolute atomic E-state index is 13.3. The van der Waals surface area contributed by atoms with E-state index in [4.69, 9.17) is 15.6 Å². The Kier molecular flexibility index (Phi) is 5.68. The molecule has 0 aliphatic rings. The molecule has 2 N–H and O–H groups in total. The monoisotopic (exact) mass is 416 g/mol. The number of alkyl halides is 3. The number of aromatic nitrogens is 4. The number of halogens is 3. The summed E-state index contributed by atoms with van der Waals surface area (Å²) in [5.41, 5.74) is 1.13. The summed E-state index contributed by atoms with van der Waals surface area (Å²) in [6.07, 6.45) is -0.833. The van der Waals surface area contributed by atoms with Crippen LogP contribution in [0.4, 0.5) is 13.2 Å². The second kappa shape index (κ2) is 8.05. The van der Waals surface area contributed by atoms with Gasteiger partial charge in [-0.1, -0.05) is 13.8 Å². The van der Waals surface area contributed by atoms with Gasteiger partial charge in [-0.25, -0.2) is 14.6 Å². The Morgan fingerprint density at radius 2 is 1.90 bits per heavy atom. The molecule has 0 atom stereocenters. The molecule has 1 aromatic carbocycles. The summed E-state index contributed by atoms with van der Waals surface area (Å²) in [6, 6.07) is 4.62. The molecule has 0 saturated heterocycles. The molecular formula is C20H19F3N6O. The molecule has 30 heavy (non-hydrogen) atoms. The van der Waals surface area contributed by atoms with Gasteiger partial charge in [-0.15, -0.1) is 5.10 Å². The molecule has 0 saturated carbocycles. The number of benzene rings is 1. The predicted molar refractivity (Wildman–Crippen MR) is 104 cm³/mol. The molecule has 2 heterocycles. The van der Waals surface area contributed by atoms with Crippen molar-refractivity contribution >= 4 is 6.34 Å². The second-order valence-corrected chi connectivity index (χ2v) is 6.87. The maximum atomic E-state index is 13.3. The third-order valence-electron chi connectivity index (χ3n) is 4.37. The molecule has 0 spiro atoms. The van der Waals surface area contributed by atoms with Crippen molar-refractivity contribution < 1.29 is 17.9 Å².